The molecule has 0 aromatic rings. The van der Waals surface area contributed by atoms with E-state index in [0.717, 1.165) is 25.9 Å². The standard InChI is InChI=1S/C13H23N3O3/c1-10-9-15(2)7-4-8-16(10)12(19)14-13(11(17)18)5-3-6-13/h10H,3-9H2,1-2H3,(H,14,19)(H,17,18). The predicted molar refractivity (Wildman–Crippen MR) is 71.0 cm³/mol. The van der Waals surface area contributed by atoms with Crippen molar-refractivity contribution in [2.24, 2.45) is 0 Å². The number of hydrogen-bond acceptors (Lipinski definition) is 3. The summed E-state index contributed by atoms with van der Waals surface area (Å²) < 4.78 is 0. The summed E-state index contributed by atoms with van der Waals surface area (Å²) in [6, 6.07) is -0.122. The molecule has 0 aromatic carbocycles. The van der Waals surface area contributed by atoms with Crippen molar-refractivity contribution in [1.29, 1.82) is 0 Å². The number of likely N-dealkylation sites (N-methyl/N-ethyl adjacent to an activating group) is 1. The van der Waals surface area contributed by atoms with Crippen LogP contribution < -0.4 is 5.32 Å². The van der Waals surface area contributed by atoms with Crippen molar-refractivity contribution in [3.8, 4) is 0 Å². The van der Waals surface area contributed by atoms with Crippen LogP contribution >= 0.6 is 0 Å². The number of urea groups is 1. The van der Waals surface area contributed by atoms with Crippen LogP contribution in [0.25, 0.3) is 0 Å². The summed E-state index contributed by atoms with van der Waals surface area (Å²) >= 11 is 0. The molecule has 1 atom stereocenters. The van der Waals surface area contributed by atoms with Gasteiger partial charge in [0, 0.05) is 19.1 Å². The molecule has 0 aromatic heterocycles. The van der Waals surface area contributed by atoms with Crippen LogP contribution in [0.2, 0.25) is 0 Å². The summed E-state index contributed by atoms with van der Waals surface area (Å²) in [5, 5.41) is 12.0. The molecule has 1 saturated carbocycles. The third-order valence-corrected chi connectivity index (χ3v) is 4.27. The number of carbonyl (C=O) groups excluding carboxylic acids is 1. The van der Waals surface area contributed by atoms with Gasteiger partial charge in [-0.2, -0.15) is 0 Å². The summed E-state index contributed by atoms with van der Waals surface area (Å²) in [6.45, 7) is 4.49. The van der Waals surface area contributed by atoms with Crippen LogP contribution in [-0.4, -0.2) is 65.2 Å². The molecule has 0 radical (unpaired) electrons. The third kappa shape index (κ3) is 2.83. The van der Waals surface area contributed by atoms with E-state index < -0.39 is 11.5 Å². The lowest BCUT2D eigenvalue weighted by atomic mass is 9.77. The van der Waals surface area contributed by atoms with E-state index in [0.29, 0.717) is 19.4 Å². The minimum absolute atomic E-state index is 0.110. The lowest BCUT2D eigenvalue weighted by Crippen LogP contribution is -2.62. The van der Waals surface area contributed by atoms with Crippen LogP contribution in [0.15, 0.2) is 0 Å². The number of aliphatic carboxylic acids is 1. The van der Waals surface area contributed by atoms with Crippen LogP contribution in [-0.2, 0) is 4.79 Å². The van der Waals surface area contributed by atoms with Gasteiger partial charge in [0.2, 0.25) is 0 Å². The van der Waals surface area contributed by atoms with Gasteiger partial charge in [-0.25, -0.2) is 9.59 Å². The summed E-state index contributed by atoms with van der Waals surface area (Å²) in [7, 11) is 2.04. The summed E-state index contributed by atoms with van der Waals surface area (Å²) in [5.41, 5.74) is -1.02. The zero-order chi connectivity index (χ0) is 14.0. The van der Waals surface area contributed by atoms with E-state index >= 15 is 0 Å². The smallest absolute Gasteiger partial charge is 0.329 e. The second-order valence-electron chi connectivity index (χ2n) is 5.83. The fraction of sp³-hybridized carbons (Fsp3) is 0.846. The Bertz CT molecular complexity index is 368. The number of nitrogens with one attached hydrogen (secondary N) is 1. The Balaban J connectivity index is 2.00. The molecule has 1 aliphatic heterocycles. The van der Waals surface area contributed by atoms with Crippen molar-refractivity contribution in [1.82, 2.24) is 15.1 Å². The molecule has 2 fully saturated rings. The van der Waals surface area contributed by atoms with Crippen molar-refractivity contribution < 1.29 is 14.7 Å². The Morgan fingerprint density at radius 3 is 2.47 bits per heavy atom. The maximum absolute atomic E-state index is 12.3. The molecule has 19 heavy (non-hydrogen) atoms. The molecular formula is C13H23N3O3. The SMILES string of the molecule is CC1CN(C)CCCN1C(=O)NC1(C(=O)O)CCC1. The number of carbonyl (C=O) groups is 2. The van der Waals surface area contributed by atoms with Crippen LogP contribution in [0.3, 0.4) is 0 Å². The highest BCUT2D eigenvalue weighted by Crippen LogP contribution is 2.32. The summed E-state index contributed by atoms with van der Waals surface area (Å²) in [6.07, 6.45) is 2.87. The van der Waals surface area contributed by atoms with Gasteiger partial charge in [0.15, 0.2) is 0 Å². The molecule has 2 rings (SSSR count). The first-order chi connectivity index (χ1) is 8.94. The third-order valence-electron chi connectivity index (χ3n) is 4.27. The fourth-order valence-electron chi connectivity index (χ4n) is 2.87. The average Bonchev–Trinajstić information content (AvgIpc) is 2.43. The number of nitrogens with zero attached hydrogens (tertiary/aromatic N) is 2. The monoisotopic (exact) mass is 269 g/mol. The average molecular weight is 269 g/mol. The van der Waals surface area contributed by atoms with Gasteiger partial charge >= 0.3 is 12.0 Å². The van der Waals surface area contributed by atoms with Crippen molar-refractivity contribution in [3.05, 3.63) is 0 Å². The molecule has 0 bridgehead atoms. The number of amides is 2. The van der Waals surface area contributed by atoms with Crippen LogP contribution in [0.5, 0.6) is 0 Å². The molecular weight excluding hydrogens is 246 g/mol. The van der Waals surface area contributed by atoms with Crippen LogP contribution in [0.4, 0.5) is 4.79 Å². The van der Waals surface area contributed by atoms with Gasteiger partial charge in [0.05, 0.1) is 0 Å². The zero-order valence-corrected chi connectivity index (χ0v) is 11.7. The van der Waals surface area contributed by atoms with Crippen molar-refractivity contribution in [2.75, 3.05) is 26.7 Å². The molecule has 2 amide bonds. The molecule has 108 valence electrons. The first-order valence-corrected chi connectivity index (χ1v) is 6.95. The van der Waals surface area contributed by atoms with Gasteiger partial charge in [0.1, 0.15) is 5.54 Å². The van der Waals surface area contributed by atoms with Crippen molar-refractivity contribution >= 4 is 12.0 Å². The Kier molecular flexibility index (Phi) is 3.99. The molecule has 1 saturated heterocycles. The van der Waals surface area contributed by atoms with E-state index in [1.807, 2.05) is 14.0 Å². The molecule has 6 heteroatoms. The second-order valence-corrected chi connectivity index (χ2v) is 5.83. The molecule has 2 N–H and O–H groups in total. The van der Waals surface area contributed by atoms with E-state index in [2.05, 4.69) is 10.2 Å². The van der Waals surface area contributed by atoms with Gasteiger partial charge in [-0.1, -0.05) is 0 Å². The number of carboxylic acids is 1. The molecule has 6 nitrogen and oxygen atoms in total. The molecule has 1 aliphatic carbocycles. The Morgan fingerprint density at radius 1 is 1.26 bits per heavy atom. The first-order valence-electron chi connectivity index (χ1n) is 6.95. The molecule has 0 spiro atoms. The maximum atomic E-state index is 12.3. The van der Waals surface area contributed by atoms with E-state index in [1.165, 1.54) is 0 Å². The maximum Gasteiger partial charge on any atom is 0.329 e. The van der Waals surface area contributed by atoms with Gasteiger partial charge in [-0.15, -0.1) is 0 Å². The van der Waals surface area contributed by atoms with Gasteiger partial charge in [-0.3, -0.25) is 0 Å². The van der Waals surface area contributed by atoms with Crippen molar-refractivity contribution in [3.63, 3.8) is 0 Å². The van der Waals surface area contributed by atoms with Crippen LogP contribution in [0.1, 0.15) is 32.6 Å². The Morgan fingerprint density at radius 2 is 1.95 bits per heavy atom. The first kappa shape index (κ1) is 14.1. The molecule has 2 aliphatic rings. The quantitative estimate of drug-likeness (QED) is 0.775. The van der Waals surface area contributed by atoms with E-state index in [4.69, 9.17) is 0 Å². The van der Waals surface area contributed by atoms with Gasteiger partial charge in [0.25, 0.3) is 0 Å². The highest BCUT2D eigenvalue weighted by Gasteiger charge is 2.46. The van der Waals surface area contributed by atoms with Gasteiger partial charge < -0.3 is 20.2 Å². The number of rotatable bonds is 2. The summed E-state index contributed by atoms with van der Waals surface area (Å²) in [4.78, 5) is 27.6. The molecule has 1 heterocycles. The lowest BCUT2D eigenvalue weighted by molar-refractivity contribution is -0.148. The minimum Gasteiger partial charge on any atom is -0.480 e. The largest absolute Gasteiger partial charge is 0.480 e. The number of carboxylic acid groups (broad SMARTS) is 1. The predicted octanol–water partition coefficient (Wildman–Crippen LogP) is 0.729. The fourth-order valence-corrected chi connectivity index (χ4v) is 2.87. The van der Waals surface area contributed by atoms with E-state index in [1.54, 1.807) is 4.90 Å². The topological polar surface area (TPSA) is 72.9 Å². The zero-order valence-electron chi connectivity index (χ0n) is 11.7. The normalized spacial score (nSPS) is 27.3. The van der Waals surface area contributed by atoms with E-state index in [-0.39, 0.29) is 12.1 Å². The number of hydrogen-bond donors (Lipinski definition) is 2. The molecule has 1 unspecified atom stereocenters. The Hall–Kier alpha value is -1.30. The van der Waals surface area contributed by atoms with Crippen LogP contribution in [0, 0.1) is 0 Å². The van der Waals surface area contributed by atoms with Crippen molar-refractivity contribution in [2.45, 2.75) is 44.2 Å². The minimum atomic E-state index is -1.02. The van der Waals surface area contributed by atoms with E-state index in [9.17, 15) is 14.7 Å². The lowest BCUT2D eigenvalue weighted by Gasteiger charge is -2.40. The second kappa shape index (κ2) is 5.36. The highest BCUT2D eigenvalue weighted by atomic mass is 16.4. The van der Waals surface area contributed by atoms with Gasteiger partial charge in [-0.05, 0) is 46.2 Å². The summed E-state index contributed by atoms with van der Waals surface area (Å²) in [5.74, 6) is -0.910. The Labute approximate surface area is 113 Å². The highest BCUT2D eigenvalue weighted by molar-refractivity contribution is 5.87.